The van der Waals surface area contributed by atoms with Crippen molar-refractivity contribution >= 4 is 11.6 Å². The molecule has 1 amide bonds. The summed E-state index contributed by atoms with van der Waals surface area (Å²) >= 11 is 0. The lowest BCUT2D eigenvalue weighted by Crippen LogP contribution is -2.47. The molecular formula is C20H23F3N4O2. The summed E-state index contributed by atoms with van der Waals surface area (Å²) in [6.45, 7) is 3.99. The third-order valence-electron chi connectivity index (χ3n) is 4.90. The van der Waals surface area contributed by atoms with E-state index in [0.717, 1.165) is 32.1 Å². The number of piperazine rings is 1. The van der Waals surface area contributed by atoms with E-state index >= 15 is 0 Å². The Morgan fingerprint density at radius 3 is 2.55 bits per heavy atom. The Hall–Kier alpha value is -2.81. The van der Waals surface area contributed by atoms with E-state index < -0.39 is 17.6 Å². The van der Waals surface area contributed by atoms with Crippen LogP contribution in [-0.4, -0.2) is 50.1 Å². The fraction of sp³-hybridized carbons (Fsp3) is 0.400. The Bertz CT molecular complexity index is 836. The summed E-state index contributed by atoms with van der Waals surface area (Å²) in [5.74, 6) is -0.407. The average molecular weight is 408 g/mol. The summed E-state index contributed by atoms with van der Waals surface area (Å²) in [6.07, 6.45) is -2.34. The molecule has 0 unspecified atom stereocenters. The van der Waals surface area contributed by atoms with E-state index in [9.17, 15) is 23.2 Å². The van der Waals surface area contributed by atoms with E-state index in [1.54, 1.807) is 18.2 Å². The van der Waals surface area contributed by atoms with Crippen molar-refractivity contribution in [3.63, 3.8) is 0 Å². The van der Waals surface area contributed by atoms with Crippen LogP contribution in [0.2, 0.25) is 0 Å². The Balaban J connectivity index is 1.40. The zero-order chi connectivity index (χ0) is 20.9. The number of pyridine rings is 1. The monoisotopic (exact) mass is 408 g/mol. The summed E-state index contributed by atoms with van der Waals surface area (Å²) in [5.41, 5.74) is 0.00806. The van der Waals surface area contributed by atoms with Gasteiger partial charge in [0.2, 0.25) is 0 Å². The Labute approximate surface area is 167 Å². The standard InChI is InChI=1S/C20H23F3N4O2/c21-20(22,23)16-5-3-6-17(15-16)26-13-11-25(12-14-26)9-4-8-24-19(28)18-7-1-2-10-27(18)29/h1-3,5-7,10,15H,4,8-9,11-14H2,(H,24,28). The quantitative estimate of drug-likeness (QED) is 0.453. The molecule has 1 N–H and O–H groups in total. The number of rotatable bonds is 6. The Kier molecular flexibility index (Phi) is 6.58. The van der Waals surface area contributed by atoms with Crippen LogP contribution in [0, 0.1) is 5.21 Å². The van der Waals surface area contributed by atoms with Crippen LogP contribution in [0.3, 0.4) is 0 Å². The van der Waals surface area contributed by atoms with Crippen LogP contribution >= 0.6 is 0 Å². The maximum atomic E-state index is 12.9. The van der Waals surface area contributed by atoms with E-state index in [1.807, 2.05) is 4.90 Å². The summed E-state index contributed by atoms with van der Waals surface area (Å²) in [4.78, 5) is 16.2. The van der Waals surface area contributed by atoms with Crippen molar-refractivity contribution in [2.24, 2.45) is 0 Å². The van der Waals surface area contributed by atoms with Gasteiger partial charge in [-0.2, -0.15) is 17.9 Å². The molecule has 9 heteroatoms. The van der Waals surface area contributed by atoms with E-state index in [-0.39, 0.29) is 5.69 Å². The summed E-state index contributed by atoms with van der Waals surface area (Å²) in [7, 11) is 0. The van der Waals surface area contributed by atoms with Gasteiger partial charge in [0.05, 0.1) is 5.56 Å². The Morgan fingerprint density at radius 2 is 1.86 bits per heavy atom. The van der Waals surface area contributed by atoms with Crippen molar-refractivity contribution in [1.29, 1.82) is 0 Å². The zero-order valence-corrected chi connectivity index (χ0v) is 15.9. The van der Waals surface area contributed by atoms with Gasteiger partial charge in [-0.05, 0) is 37.2 Å². The highest BCUT2D eigenvalue weighted by Crippen LogP contribution is 2.31. The minimum absolute atomic E-state index is 0.0576. The molecule has 1 aliphatic rings. The Morgan fingerprint density at radius 1 is 1.10 bits per heavy atom. The lowest BCUT2D eigenvalue weighted by atomic mass is 10.1. The maximum Gasteiger partial charge on any atom is 0.416 e. The second-order valence-electron chi connectivity index (χ2n) is 6.90. The highest BCUT2D eigenvalue weighted by atomic mass is 19.4. The lowest BCUT2D eigenvalue weighted by Gasteiger charge is -2.36. The van der Waals surface area contributed by atoms with Crippen LogP contribution < -0.4 is 14.9 Å². The minimum atomic E-state index is -4.34. The summed E-state index contributed by atoms with van der Waals surface area (Å²) < 4.78 is 39.2. The van der Waals surface area contributed by atoms with Crippen molar-refractivity contribution < 1.29 is 22.7 Å². The number of alkyl halides is 3. The van der Waals surface area contributed by atoms with Crippen molar-refractivity contribution in [1.82, 2.24) is 10.2 Å². The molecule has 0 radical (unpaired) electrons. The molecule has 1 aromatic heterocycles. The molecule has 0 atom stereocenters. The van der Waals surface area contributed by atoms with E-state index in [4.69, 9.17) is 0 Å². The van der Waals surface area contributed by atoms with E-state index in [2.05, 4.69) is 10.2 Å². The van der Waals surface area contributed by atoms with Crippen LogP contribution in [0.15, 0.2) is 48.7 Å². The minimum Gasteiger partial charge on any atom is -0.618 e. The van der Waals surface area contributed by atoms with E-state index in [1.165, 1.54) is 24.4 Å². The number of amides is 1. The highest BCUT2D eigenvalue weighted by molar-refractivity contribution is 5.90. The lowest BCUT2D eigenvalue weighted by molar-refractivity contribution is -0.607. The number of anilines is 1. The van der Waals surface area contributed by atoms with Gasteiger partial charge in [-0.25, -0.2) is 0 Å². The first kappa shape index (κ1) is 20.9. The first-order chi connectivity index (χ1) is 13.8. The molecule has 2 heterocycles. The van der Waals surface area contributed by atoms with Crippen molar-refractivity contribution in [3.05, 3.63) is 65.1 Å². The van der Waals surface area contributed by atoms with Crippen molar-refractivity contribution in [2.75, 3.05) is 44.2 Å². The van der Waals surface area contributed by atoms with Crippen molar-refractivity contribution in [3.8, 4) is 0 Å². The predicted molar refractivity (Wildman–Crippen MR) is 102 cm³/mol. The average Bonchev–Trinajstić information content (AvgIpc) is 2.71. The molecule has 2 aromatic rings. The fourth-order valence-electron chi connectivity index (χ4n) is 3.31. The first-order valence-corrected chi connectivity index (χ1v) is 9.45. The molecule has 1 aliphatic heterocycles. The number of benzene rings is 1. The molecule has 1 aromatic carbocycles. The normalized spacial score (nSPS) is 15.3. The van der Waals surface area contributed by atoms with Gasteiger partial charge in [0.25, 0.3) is 5.69 Å². The molecule has 0 aliphatic carbocycles. The smallest absolute Gasteiger partial charge is 0.416 e. The molecule has 156 valence electrons. The van der Waals surface area contributed by atoms with Gasteiger partial charge in [0, 0.05) is 50.5 Å². The molecule has 0 saturated carbocycles. The van der Waals surface area contributed by atoms with Gasteiger partial charge in [0.1, 0.15) is 0 Å². The molecule has 1 saturated heterocycles. The van der Waals surface area contributed by atoms with Crippen LogP contribution in [-0.2, 0) is 6.18 Å². The fourth-order valence-corrected chi connectivity index (χ4v) is 3.31. The van der Waals surface area contributed by atoms with Crippen LogP contribution in [0.4, 0.5) is 18.9 Å². The number of nitrogens with zero attached hydrogens (tertiary/aromatic N) is 3. The molecular weight excluding hydrogens is 385 g/mol. The topological polar surface area (TPSA) is 62.5 Å². The number of aromatic nitrogens is 1. The first-order valence-electron chi connectivity index (χ1n) is 9.45. The largest absolute Gasteiger partial charge is 0.618 e. The van der Waals surface area contributed by atoms with Crippen LogP contribution in [0.5, 0.6) is 0 Å². The van der Waals surface area contributed by atoms with Crippen molar-refractivity contribution in [2.45, 2.75) is 12.6 Å². The van der Waals surface area contributed by atoms with Gasteiger partial charge in [-0.15, -0.1) is 0 Å². The highest BCUT2D eigenvalue weighted by Gasteiger charge is 2.31. The molecule has 29 heavy (non-hydrogen) atoms. The second kappa shape index (κ2) is 9.13. The predicted octanol–water partition coefficient (Wildman–Crippen LogP) is 2.28. The summed E-state index contributed by atoms with van der Waals surface area (Å²) in [5, 5.41) is 14.3. The maximum absolute atomic E-state index is 12.9. The van der Waals surface area contributed by atoms with Gasteiger partial charge in [-0.3, -0.25) is 9.69 Å². The summed E-state index contributed by atoms with van der Waals surface area (Å²) in [6, 6.07) is 10.1. The molecule has 1 fully saturated rings. The third-order valence-corrected chi connectivity index (χ3v) is 4.90. The molecule has 0 spiro atoms. The van der Waals surface area contributed by atoms with Gasteiger partial charge < -0.3 is 15.4 Å². The van der Waals surface area contributed by atoms with E-state index in [0.29, 0.717) is 30.1 Å². The second-order valence-corrected chi connectivity index (χ2v) is 6.90. The zero-order valence-electron chi connectivity index (χ0n) is 15.9. The molecule has 0 bridgehead atoms. The van der Waals surface area contributed by atoms with Gasteiger partial charge in [0.15, 0.2) is 6.20 Å². The number of carbonyl (C=O) groups is 1. The van der Waals surface area contributed by atoms with Gasteiger partial charge in [-0.1, -0.05) is 6.07 Å². The van der Waals surface area contributed by atoms with Crippen LogP contribution in [0.25, 0.3) is 0 Å². The van der Waals surface area contributed by atoms with Crippen LogP contribution in [0.1, 0.15) is 22.5 Å². The molecule has 3 rings (SSSR count). The number of hydrogen-bond acceptors (Lipinski definition) is 4. The number of carbonyl (C=O) groups excluding carboxylic acids is 1. The van der Waals surface area contributed by atoms with Gasteiger partial charge >= 0.3 is 12.1 Å². The third kappa shape index (κ3) is 5.60. The molecule has 6 nitrogen and oxygen atoms in total. The number of hydrogen-bond donors (Lipinski definition) is 1. The number of nitrogens with one attached hydrogen (secondary N) is 1. The number of halogens is 3. The SMILES string of the molecule is O=C(NCCCN1CCN(c2cccc(C(F)(F)F)c2)CC1)c1cccc[n+]1[O-].